The molecule has 0 bridgehead atoms. The van der Waals surface area contributed by atoms with Crippen molar-refractivity contribution in [3.63, 3.8) is 0 Å². The molecule has 0 aliphatic rings. The largest absolute Gasteiger partial charge is 0.507 e. The van der Waals surface area contributed by atoms with Crippen LogP contribution in [0.2, 0.25) is 0 Å². The normalized spacial score (nSPS) is 11.4. The van der Waals surface area contributed by atoms with Crippen molar-refractivity contribution in [2.75, 3.05) is 0 Å². The van der Waals surface area contributed by atoms with Gasteiger partial charge in [0.1, 0.15) is 5.75 Å². The van der Waals surface area contributed by atoms with Crippen molar-refractivity contribution < 1.29 is 9.90 Å². The third kappa shape index (κ3) is 3.82. The molecule has 5 nitrogen and oxygen atoms in total. The molecular weight excluding hydrogens is 466 g/mol. The Morgan fingerprint density at radius 3 is 2.25 bits per heavy atom. The van der Waals surface area contributed by atoms with Crippen LogP contribution in [0.5, 0.6) is 5.75 Å². The van der Waals surface area contributed by atoms with Gasteiger partial charge in [-0.15, -0.1) is 0 Å². The number of aryl methyl sites for hydroxylation is 2. The van der Waals surface area contributed by atoms with E-state index in [0.29, 0.717) is 0 Å². The zero-order chi connectivity index (χ0) is 23.0. The highest BCUT2D eigenvalue weighted by molar-refractivity contribution is 9.10. The number of hydrogen-bond donors (Lipinski definition) is 2. The van der Waals surface area contributed by atoms with Gasteiger partial charge in [-0.2, -0.15) is 5.10 Å². The average Bonchev–Trinajstić information content (AvgIpc) is 2.97. The van der Waals surface area contributed by atoms with E-state index in [1.54, 1.807) is 18.3 Å². The first-order chi connectivity index (χ1) is 15.3. The van der Waals surface area contributed by atoms with Crippen LogP contribution in [0.15, 0.2) is 64.2 Å². The summed E-state index contributed by atoms with van der Waals surface area (Å²) in [5.41, 5.74) is 9.18. The van der Waals surface area contributed by atoms with Gasteiger partial charge in [0.25, 0.3) is 5.91 Å². The Morgan fingerprint density at radius 2 is 1.59 bits per heavy atom. The van der Waals surface area contributed by atoms with Crippen LogP contribution in [-0.2, 0) is 0 Å². The van der Waals surface area contributed by atoms with Gasteiger partial charge in [-0.25, -0.2) is 5.43 Å². The summed E-state index contributed by atoms with van der Waals surface area (Å²) in [6, 6.07) is 17.1. The Morgan fingerprint density at radius 1 is 0.969 bits per heavy atom. The van der Waals surface area contributed by atoms with Gasteiger partial charge in [0.2, 0.25) is 0 Å². The number of carbonyl (C=O) groups is 1. The number of phenolic OH excluding ortho intramolecular Hbond substituents is 1. The molecule has 2 N–H and O–H groups in total. The number of fused-ring (bicyclic) bond motifs is 1. The molecule has 162 valence electrons. The van der Waals surface area contributed by atoms with Crippen LogP contribution in [0, 0.1) is 27.7 Å². The summed E-state index contributed by atoms with van der Waals surface area (Å²) in [7, 11) is 0. The van der Waals surface area contributed by atoms with Crippen LogP contribution < -0.4 is 5.43 Å². The molecule has 0 saturated carbocycles. The first-order valence-corrected chi connectivity index (χ1v) is 11.1. The molecule has 4 rings (SSSR count). The van der Waals surface area contributed by atoms with Gasteiger partial charge in [-0.3, -0.25) is 4.79 Å². The molecule has 1 amide bonds. The van der Waals surface area contributed by atoms with Crippen LogP contribution in [-0.4, -0.2) is 21.8 Å². The molecule has 0 spiro atoms. The van der Waals surface area contributed by atoms with Crippen molar-refractivity contribution in [3.05, 3.63) is 92.7 Å². The summed E-state index contributed by atoms with van der Waals surface area (Å²) in [5, 5.41) is 16.2. The Balaban J connectivity index is 1.64. The second kappa shape index (κ2) is 8.63. The molecule has 1 heterocycles. The molecule has 0 unspecified atom stereocenters. The van der Waals surface area contributed by atoms with Crippen molar-refractivity contribution in [2.45, 2.75) is 27.7 Å². The van der Waals surface area contributed by atoms with Crippen LogP contribution >= 0.6 is 15.9 Å². The van der Waals surface area contributed by atoms with Crippen LogP contribution in [0.3, 0.4) is 0 Å². The SMILES string of the molecule is Cc1cccc(C)c1-n1c(C)c(Br)c(/C=N\NC(=O)c2cc3ccccc3cc2O)c1C. The fourth-order valence-electron chi connectivity index (χ4n) is 4.09. The summed E-state index contributed by atoms with van der Waals surface area (Å²) < 4.78 is 3.12. The maximum Gasteiger partial charge on any atom is 0.275 e. The number of hydrazone groups is 1. The summed E-state index contributed by atoms with van der Waals surface area (Å²) in [4.78, 5) is 12.7. The summed E-state index contributed by atoms with van der Waals surface area (Å²) in [6.07, 6.45) is 1.63. The van der Waals surface area contributed by atoms with E-state index in [1.807, 2.05) is 38.1 Å². The maximum absolute atomic E-state index is 12.7. The smallest absolute Gasteiger partial charge is 0.275 e. The molecule has 0 saturated heterocycles. The summed E-state index contributed by atoms with van der Waals surface area (Å²) in [5.74, 6) is -0.546. The van der Waals surface area contributed by atoms with Gasteiger partial charge in [-0.05, 0) is 77.7 Å². The molecule has 0 aliphatic carbocycles. The number of halogens is 1. The number of aromatic nitrogens is 1. The number of nitrogens with zero attached hydrogens (tertiary/aromatic N) is 2. The zero-order valence-corrected chi connectivity index (χ0v) is 20.0. The van der Waals surface area contributed by atoms with Crippen molar-refractivity contribution in [3.8, 4) is 11.4 Å². The Bertz CT molecular complexity index is 1370. The number of rotatable bonds is 4. The number of benzene rings is 3. The van der Waals surface area contributed by atoms with E-state index in [4.69, 9.17) is 0 Å². The third-order valence-electron chi connectivity index (χ3n) is 5.75. The van der Waals surface area contributed by atoms with E-state index >= 15 is 0 Å². The van der Waals surface area contributed by atoms with Crippen molar-refractivity contribution in [2.24, 2.45) is 5.10 Å². The van der Waals surface area contributed by atoms with Gasteiger partial charge in [0.05, 0.1) is 17.5 Å². The van der Waals surface area contributed by atoms with Gasteiger partial charge >= 0.3 is 0 Å². The van der Waals surface area contributed by atoms with E-state index < -0.39 is 5.91 Å². The average molecular weight is 490 g/mol. The fourth-order valence-corrected chi connectivity index (χ4v) is 4.66. The predicted octanol–water partition coefficient (Wildman–Crippen LogP) is 6.10. The number of aromatic hydroxyl groups is 1. The molecule has 0 radical (unpaired) electrons. The lowest BCUT2D eigenvalue weighted by Crippen LogP contribution is -2.17. The highest BCUT2D eigenvalue weighted by Gasteiger charge is 2.18. The van der Waals surface area contributed by atoms with E-state index in [9.17, 15) is 9.90 Å². The topological polar surface area (TPSA) is 66.6 Å². The molecule has 3 aromatic carbocycles. The van der Waals surface area contributed by atoms with Gasteiger partial charge in [0.15, 0.2) is 0 Å². The molecule has 6 heteroatoms. The van der Waals surface area contributed by atoms with Crippen LogP contribution in [0.4, 0.5) is 0 Å². The van der Waals surface area contributed by atoms with E-state index in [1.165, 1.54) is 11.1 Å². The first kappa shape index (κ1) is 21.8. The van der Waals surface area contributed by atoms with Crippen molar-refractivity contribution in [1.29, 1.82) is 0 Å². The van der Waals surface area contributed by atoms with Crippen LogP contribution in [0.25, 0.3) is 16.5 Å². The molecular formula is C26H24BrN3O2. The quantitative estimate of drug-likeness (QED) is 0.268. The van der Waals surface area contributed by atoms with Gasteiger partial charge in [0, 0.05) is 21.4 Å². The predicted molar refractivity (Wildman–Crippen MR) is 133 cm³/mol. The monoisotopic (exact) mass is 489 g/mol. The van der Waals surface area contributed by atoms with Crippen molar-refractivity contribution in [1.82, 2.24) is 9.99 Å². The summed E-state index contributed by atoms with van der Waals surface area (Å²) >= 11 is 3.68. The third-order valence-corrected chi connectivity index (χ3v) is 6.75. The molecule has 0 aliphatic heterocycles. The number of carbonyl (C=O) groups excluding carboxylic acids is 1. The van der Waals surface area contributed by atoms with Gasteiger partial charge in [-0.1, -0.05) is 42.5 Å². The minimum Gasteiger partial charge on any atom is -0.507 e. The fraction of sp³-hybridized carbons (Fsp3) is 0.154. The highest BCUT2D eigenvalue weighted by Crippen LogP contribution is 2.32. The number of amides is 1. The number of hydrogen-bond acceptors (Lipinski definition) is 3. The zero-order valence-electron chi connectivity index (χ0n) is 18.4. The standard InChI is InChI=1S/C26H24BrN3O2/c1-15-8-7-9-16(2)25(15)30-17(3)22(24(27)18(30)4)14-28-29-26(32)21-12-19-10-5-6-11-20(19)13-23(21)31/h5-14,31H,1-4H3,(H,29,32)/b28-14-. The number of nitrogens with one attached hydrogen (secondary N) is 1. The summed E-state index contributed by atoms with van der Waals surface area (Å²) in [6.45, 7) is 8.27. The lowest BCUT2D eigenvalue weighted by Gasteiger charge is -2.15. The van der Waals surface area contributed by atoms with E-state index in [2.05, 4.69) is 63.1 Å². The Hall–Kier alpha value is -3.38. The van der Waals surface area contributed by atoms with E-state index in [0.717, 1.165) is 37.9 Å². The minimum absolute atomic E-state index is 0.0780. The number of phenols is 1. The second-order valence-electron chi connectivity index (χ2n) is 7.89. The lowest BCUT2D eigenvalue weighted by molar-refractivity contribution is 0.0952. The minimum atomic E-state index is -0.468. The number of para-hydroxylation sites is 1. The molecule has 32 heavy (non-hydrogen) atoms. The van der Waals surface area contributed by atoms with Gasteiger partial charge < -0.3 is 9.67 Å². The van der Waals surface area contributed by atoms with Crippen LogP contribution in [0.1, 0.15) is 38.4 Å². The molecule has 1 aromatic heterocycles. The molecule has 4 aromatic rings. The van der Waals surface area contributed by atoms with E-state index in [-0.39, 0.29) is 11.3 Å². The Labute approximate surface area is 195 Å². The second-order valence-corrected chi connectivity index (χ2v) is 8.68. The maximum atomic E-state index is 12.7. The first-order valence-electron chi connectivity index (χ1n) is 10.3. The van der Waals surface area contributed by atoms with Crippen molar-refractivity contribution >= 4 is 38.8 Å². The lowest BCUT2D eigenvalue weighted by atomic mass is 10.1. The molecule has 0 atom stereocenters. The molecule has 0 fully saturated rings. The Kier molecular flexibility index (Phi) is 5.89. The highest BCUT2D eigenvalue weighted by atomic mass is 79.9.